The minimum absolute atomic E-state index is 0.0344. The van der Waals surface area contributed by atoms with Crippen molar-refractivity contribution in [3.8, 4) is 6.07 Å². The molecule has 0 aliphatic carbocycles. The summed E-state index contributed by atoms with van der Waals surface area (Å²) in [7, 11) is -4.38. The van der Waals surface area contributed by atoms with Gasteiger partial charge in [-0.25, -0.2) is 13.4 Å². The highest BCUT2D eigenvalue weighted by molar-refractivity contribution is 7.89. The van der Waals surface area contributed by atoms with Crippen molar-refractivity contribution in [1.29, 1.82) is 5.26 Å². The van der Waals surface area contributed by atoms with Crippen LogP contribution in [0.3, 0.4) is 0 Å². The first-order chi connectivity index (χ1) is 15.4. The number of carboxylic acids is 1. The van der Waals surface area contributed by atoms with Crippen LogP contribution in [0.5, 0.6) is 0 Å². The molecule has 13 heteroatoms. The minimum Gasteiger partial charge on any atom is -0.480 e. The summed E-state index contributed by atoms with van der Waals surface area (Å²) in [5.41, 5.74) is 1.22. The Balaban J connectivity index is 1.83. The van der Waals surface area contributed by atoms with Gasteiger partial charge in [0.2, 0.25) is 10.0 Å². The van der Waals surface area contributed by atoms with Gasteiger partial charge in [0.1, 0.15) is 17.8 Å². The van der Waals surface area contributed by atoms with Crippen molar-refractivity contribution in [2.75, 3.05) is 6.54 Å². The first kappa shape index (κ1) is 24.1. The molecule has 0 spiro atoms. The molecule has 1 amide bonds. The molecule has 2 N–H and O–H groups in total. The van der Waals surface area contributed by atoms with Crippen molar-refractivity contribution in [1.82, 2.24) is 14.6 Å². The number of alkyl halides is 3. The average molecular weight is 482 g/mol. The molecule has 9 nitrogen and oxygen atoms in total. The number of nitriles is 1. The highest BCUT2D eigenvalue weighted by Gasteiger charge is 2.43. The number of hydrogen-bond donors (Lipinski definition) is 2. The minimum atomic E-state index is -5.05. The fourth-order valence-electron chi connectivity index (χ4n) is 3.39. The molecule has 2 aromatic rings. The normalized spacial score (nSPS) is 14.8. The third-order valence-corrected chi connectivity index (χ3v) is 6.47. The van der Waals surface area contributed by atoms with Gasteiger partial charge in [-0.2, -0.15) is 23.2 Å². The topological polar surface area (TPSA) is 140 Å². The fourth-order valence-corrected chi connectivity index (χ4v) is 4.63. The number of hydrogen-bond acceptors (Lipinski definition) is 6. The Kier molecular flexibility index (Phi) is 6.71. The fraction of sp³-hybridized carbons (Fsp3) is 0.300. The molecular weight excluding hydrogens is 465 g/mol. The van der Waals surface area contributed by atoms with Gasteiger partial charge >= 0.3 is 18.1 Å². The van der Waals surface area contributed by atoms with E-state index in [1.54, 1.807) is 6.07 Å². The number of amides is 1. The Morgan fingerprint density at radius 1 is 1.24 bits per heavy atom. The number of rotatable bonds is 6. The maximum atomic E-state index is 12.8. The average Bonchev–Trinajstić information content (AvgIpc) is 2.76. The third kappa shape index (κ3) is 5.65. The van der Waals surface area contributed by atoms with Crippen LogP contribution in [0.25, 0.3) is 0 Å². The van der Waals surface area contributed by atoms with E-state index < -0.39 is 40.7 Å². The van der Waals surface area contributed by atoms with E-state index >= 15 is 0 Å². The largest absolute Gasteiger partial charge is 0.480 e. The van der Waals surface area contributed by atoms with Gasteiger partial charge in [0.05, 0.1) is 4.90 Å². The number of fused-ring (bicyclic) bond motifs is 1. The number of benzene rings is 1. The van der Waals surface area contributed by atoms with Crippen molar-refractivity contribution in [2.24, 2.45) is 0 Å². The number of nitrogens with zero attached hydrogens (tertiary/aromatic N) is 3. The van der Waals surface area contributed by atoms with Crippen LogP contribution in [0.2, 0.25) is 0 Å². The quantitative estimate of drug-likeness (QED) is 0.634. The van der Waals surface area contributed by atoms with Crippen LogP contribution >= 0.6 is 0 Å². The molecule has 0 radical (unpaired) electrons. The lowest BCUT2D eigenvalue weighted by Crippen LogP contribution is -2.44. The first-order valence-corrected chi connectivity index (χ1v) is 11.0. The Morgan fingerprint density at radius 2 is 1.97 bits per heavy atom. The predicted octanol–water partition coefficient (Wildman–Crippen LogP) is 1.37. The molecular formula is C20H17F3N4O5S. The summed E-state index contributed by atoms with van der Waals surface area (Å²) in [5.74, 6) is -3.48. The standard InChI is InChI=1S/C20H17F3N4O5S/c21-20(22,23)19(30)27-6-4-13-1-2-16(9-14(13)11-27)33(31,32)26-17(18(28)29)8-12-3-5-25-15(7-12)10-24/h1-3,5,7,9,17,26H,4,6,8,11H2,(H,28,29)/t17-/m0/s1. The second kappa shape index (κ2) is 9.16. The molecule has 2 heterocycles. The van der Waals surface area contributed by atoms with Gasteiger partial charge in [0.25, 0.3) is 0 Å². The van der Waals surface area contributed by atoms with E-state index in [9.17, 15) is 36.3 Å². The summed E-state index contributed by atoms with van der Waals surface area (Å²) in [5, 5.41) is 18.4. The lowest BCUT2D eigenvalue weighted by molar-refractivity contribution is -0.186. The smallest absolute Gasteiger partial charge is 0.471 e. The van der Waals surface area contributed by atoms with E-state index in [2.05, 4.69) is 9.71 Å². The van der Waals surface area contributed by atoms with Crippen LogP contribution in [0.1, 0.15) is 22.4 Å². The number of carboxylic acid groups (broad SMARTS) is 1. The lowest BCUT2D eigenvalue weighted by Gasteiger charge is -2.29. The molecule has 3 rings (SSSR count). The van der Waals surface area contributed by atoms with Crippen LogP contribution in [0.4, 0.5) is 13.2 Å². The zero-order valence-electron chi connectivity index (χ0n) is 16.8. The Labute approximate surface area is 186 Å². The van der Waals surface area contributed by atoms with E-state index in [1.165, 1.54) is 30.5 Å². The van der Waals surface area contributed by atoms with Crippen LogP contribution in [-0.4, -0.2) is 54.0 Å². The summed E-state index contributed by atoms with van der Waals surface area (Å²) >= 11 is 0. The van der Waals surface area contributed by atoms with Crippen molar-refractivity contribution in [3.05, 3.63) is 58.9 Å². The lowest BCUT2D eigenvalue weighted by atomic mass is 10.00. The third-order valence-electron chi connectivity index (χ3n) is 5.00. The number of aromatic nitrogens is 1. The molecule has 33 heavy (non-hydrogen) atoms. The molecule has 0 saturated carbocycles. The zero-order chi connectivity index (χ0) is 24.4. The number of pyridine rings is 1. The van der Waals surface area contributed by atoms with Gasteiger partial charge in [-0.05, 0) is 53.8 Å². The molecule has 1 aliphatic heterocycles. The number of carbonyl (C=O) groups excluding carboxylic acids is 1. The summed E-state index contributed by atoms with van der Waals surface area (Å²) in [6.45, 7) is -0.583. The number of aliphatic carboxylic acids is 1. The van der Waals surface area contributed by atoms with E-state index in [4.69, 9.17) is 5.26 Å². The molecule has 0 bridgehead atoms. The molecule has 1 aromatic carbocycles. The van der Waals surface area contributed by atoms with Gasteiger partial charge in [0.15, 0.2) is 0 Å². The molecule has 1 aliphatic rings. The summed E-state index contributed by atoms with van der Waals surface area (Å²) in [4.78, 5) is 27.2. The molecule has 1 atom stereocenters. The highest BCUT2D eigenvalue weighted by atomic mass is 32.2. The molecule has 0 unspecified atom stereocenters. The zero-order valence-corrected chi connectivity index (χ0v) is 17.7. The number of nitrogens with one attached hydrogen (secondary N) is 1. The second-order valence-corrected chi connectivity index (χ2v) is 9.00. The molecule has 0 saturated heterocycles. The molecule has 1 aromatic heterocycles. The van der Waals surface area contributed by atoms with E-state index in [-0.39, 0.29) is 35.5 Å². The van der Waals surface area contributed by atoms with Crippen LogP contribution in [0.15, 0.2) is 41.4 Å². The first-order valence-electron chi connectivity index (χ1n) is 9.49. The SMILES string of the molecule is N#Cc1cc(C[C@H](NS(=O)(=O)c2ccc3c(c2)CN(C(=O)C(F)(F)F)CC3)C(=O)O)ccn1. The second-order valence-electron chi connectivity index (χ2n) is 7.28. The number of sulfonamides is 1. The van der Waals surface area contributed by atoms with Crippen molar-refractivity contribution in [2.45, 2.75) is 36.5 Å². The van der Waals surface area contributed by atoms with Gasteiger partial charge < -0.3 is 10.0 Å². The number of halogens is 3. The summed E-state index contributed by atoms with van der Waals surface area (Å²) in [6, 6.07) is 6.77. The van der Waals surface area contributed by atoms with Gasteiger partial charge in [0, 0.05) is 19.3 Å². The predicted molar refractivity (Wildman–Crippen MR) is 106 cm³/mol. The van der Waals surface area contributed by atoms with E-state index in [0.717, 1.165) is 6.07 Å². The molecule has 174 valence electrons. The van der Waals surface area contributed by atoms with Crippen molar-refractivity contribution in [3.63, 3.8) is 0 Å². The summed E-state index contributed by atoms with van der Waals surface area (Å²) < 4.78 is 66.0. The highest BCUT2D eigenvalue weighted by Crippen LogP contribution is 2.26. The summed E-state index contributed by atoms with van der Waals surface area (Å²) in [6.07, 6.45) is -3.91. The Morgan fingerprint density at radius 3 is 2.61 bits per heavy atom. The van der Waals surface area contributed by atoms with E-state index in [0.29, 0.717) is 16.0 Å². The maximum Gasteiger partial charge on any atom is 0.471 e. The molecule has 0 fully saturated rings. The Hall–Kier alpha value is -3.50. The van der Waals surface area contributed by atoms with Crippen LogP contribution in [-0.2, 0) is 39.0 Å². The van der Waals surface area contributed by atoms with Gasteiger partial charge in [-0.15, -0.1) is 0 Å². The van der Waals surface area contributed by atoms with Gasteiger partial charge in [-0.1, -0.05) is 6.07 Å². The van der Waals surface area contributed by atoms with Crippen LogP contribution in [0, 0.1) is 11.3 Å². The number of carbonyl (C=O) groups is 2. The monoisotopic (exact) mass is 482 g/mol. The van der Waals surface area contributed by atoms with Crippen LogP contribution < -0.4 is 4.72 Å². The van der Waals surface area contributed by atoms with Crippen molar-refractivity contribution >= 4 is 21.9 Å². The maximum absolute atomic E-state index is 12.8. The van der Waals surface area contributed by atoms with E-state index in [1.807, 2.05) is 0 Å². The Bertz CT molecular complexity index is 1240. The van der Waals surface area contributed by atoms with Gasteiger partial charge in [-0.3, -0.25) is 9.59 Å². The van der Waals surface area contributed by atoms with Crippen molar-refractivity contribution < 1.29 is 36.3 Å².